The molecule has 0 saturated heterocycles. The monoisotopic (exact) mass is 517 g/mol. The van der Waals surface area contributed by atoms with Gasteiger partial charge in [-0.3, -0.25) is 15.1 Å². The third kappa shape index (κ3) is 4.68. The van der Waals surface area contributed by atoms with Crippen molar-refractivity contribution in [2.45, 2.75) is 32.2 Å². The van der Waals surface area contributed by atoms with Crippen LogP contribution in [0.5, 0.6) is 0 Å². The molecule has 4 aromatic heterocycles. The lowest BCUT2D eigenvalue weighted by Gasteiger charge is -2.11. The van der Waals surface area contributed by atoms with Crippen LogP contribution in [0.4, 0.5) is 4.39 Å². The molecule has 0 amide bonds. The van der Waals surface area contributed by atoms with E-state index in [1.165, 1.54) is 37.8 Å². The van der Waals surface area contributed by atoms with Crippen LogP contribution in [0, 0.1) is 11.7 Å². The van der Waals surface area contributed by atoms with Crippen LogP contribution in [0.3, 0.4) is 0 Å². The number of imidazole rings is 1. The first kappa shape index (κ1) is 23.7. The van der Waals surface area contributed by atoms with Crippen molar-refractivity contribution >= 4 is 21.9 Å². The molecule has 0 unspecified atom stereocenters. The molecular formula is C31H28FN7. The summed E-state index contributed by atoms with van der Waals surface area (Å²) in [6.45, 7) is 1.86. The Labute approximate surface area is 224 Å². The Hall–Kier alpha value is -4.43. The number of benzene rings is 2. The quantitative estimate of drug-likeness (QED) is 0.220. The number of rotatable bonds is 7. The second kappa shape index (κ2) is 10.0. The van der Waals surface area contributed by atoms with E-state index in [4.69, 9.17) is 4.98 Å². The number of halogens is 1. The number of nitrogens with zero attached hydrogens (tertiary/aromatic N) is 4. The van der Waals surface area contributed by atoms with Gasteiger partial charge in [0.1, 0.15) is 11.5 Å². The van der Waals surface area contributed by atoms with Gasteiger partial charge < -0.3 is 10.3 Å². The molecule has 0 spiro atoms. The number of hydrogen-bond acceptors (Lipinski definition) is 5. The normalized spacial score (nSPS) is 14.1. The minimum atomic E-state index is -0.276. The van der Waals surface area contributed by atoms with Gasteiger partial charge in [0.25, 0.3) is 0 Å². The maximum atomic E-state index is 13.9. The smallest absolute Gasteiger partial charge is 0.159 e. The summed E-state index contributed by atoms with van der Waals surface area (Å²) >= 11 is 0. The zero-order valence-corrected chi connectivity index (χ0v) is 21.4. The van der Waals surface area contributed by atoms with Crippen molar-refractivity contribution < 1.29 is 4.39 Å². The van der Waals surface area contributed by atoms with Gasteiger partial charge in [-0.05, 0) is 66.8 Å². The van der Waals surface area contributed by atoms with Crippen LogP contribution in [-0.4, -0.2) is 36.7 Å². The van der Waals surface area contributed by atoms with Crippen LogP contribution in [0.2, 0.25) is 0 Å². The van der Waals surface area contributed by atoms with E-state index >= 15 is 0 Å². The molecule has 0 bridgehead atoms. The van der Waals surface area contributed by atoms with E-state index in [2.05, 4.69) is 36.5 Å². The SMILES string of the molecule is Fc1cccc(-c2cccc3[nH]c(-c4n[nH]c5cnc(-c6cncc(CNCC7CCCC7)c6)cc45)nc23)c1. The Kier molecular flexibility index (Phi) is 6.09. The first-order chi connectivity index (χ1) is 19.2. The minimum Gasteiger partial charge on any atom is -0.337 e. The van der Waals surface area contributed by atoms with E-state index in [0.29, 0.717) is 11.5 Å². The maximum absolute atomic E-state index is 13.9. The minimum absolute atomic E-state index is 0.276. The molecule has 1 aliphatic rings. The van der Waals surface area contributed by atoms with E-state index in [1.54, 1.807) is 12.3 Å². The highest BCUT2D eigenvalue weighted by atomic mass is 19.1. The van der Waals surface area contributed by atoms with Gasteiger partial charge in [-0.1, -0.05) is 37.1 Å². The van der Waals surface area contributed by atoms with Gasteiger partial charge in [-0.25, -0.2) is 9.37 Å². The molecule has 0 atom stereocenters. The van der Waals surface area contributed by atoms with Crippen molar-refractivity contribution in [2.24, 2.45) is 5.92 Å². The first-order valence-corrected chi connectivity index (χ1v) is 13.5. The van der Waals surface area contributed by atoms with E-state index in [0.717, 1.165) is 68.9 Å². The summed E-state index contributed by atoms with van der Waals surface area (Å²) in [5, 5.41) is 12.2. The highest BCUT2D eigenvalue weighted by Crippen LogP contribution is 2.33. The lowest BCUT2D eigenvalue weighted by atomic mass is 10.0. The Morgan fingerprint density at radius 1 is 0.923 bits per heavy atom. The van der Waals surface area contributed by atoms with Crippen LogP contribution in [-0.2, 0) is 6.54 Å². The molecule has 0 aliphatic heterocycles. The Morgan fingerprint density at radius 2 is 1.82 bits per heavy atom. The maximum Gasteiger partial charge on any atom is 0.159 e. The number of nitrogens with one attached hydrogen (secondary N) is 3. The fourth-order valence-electron chi connectivity index (χ4n) is 5.65. The van der Waals surface area contributed by atoms with Crippen LogP contribution in [0.1, 0.15) is 31.2 Å². The molecule has 1 aliphatic carbocycles. The van der Waals surface area contributed by atoms with Gasteiger partial charge in [0.2, 0.25) is 0 Å². The summed E-state index contributed by atoms with van der Waals surface area (Å²) in [7, 11) is 0. The summed E-state index contributed by atoms with van der Waals surface area (Å²) in [6.07, 6.45) is 10.9. The molecule has 39 heavy (non-hydrogen) atoms. The summed E-state index contributed by atoms with van der Waals surface area (Å²) in [5.74, 6) is 1.16. The highest BCUT2D eigenvalue weighted by Gasteiger charge is 2.17. The van der Waals surface area contributed by atoms with Crippen molar-refractivity contribution in [1.29, 1.82) is 0 Å². The average Bonchev–Trinajstić information content (AvgIpc) is 3.72. The van der Waals surface area contributed by atoms with E-state index in [-0.39, 0.29) is 5.82 Å². The van der Waals surface area contributed by atoms with Gasteiger partial charge in [0.15, 0.2) is 5.82 Å². The second-order valence-electron chi connectivity index (χ2n) is 10.3. The molecule has 8 heteroatoms. The molecule has 6 aromatic rings. The number of H-pyrrole nitrogens is 2. The van der Waals surface area contributed by atoms with Crippen molar-refractivity contribution in [3.8, 4) is 33.9 Å². The first-order valence-electron chi connectivity index (χ1n) is 13.5. The van der Waals surface area contributed by atoms with Crippen molar-refractivity contribution in [1.82, 2.24) is 35.5 Å². The van der Waals surface area contributed by atoms with Gasteiger partial charge in [0.05, 0.1) is 28.4 Å². The van der Waals surface area contributed by atoms with Crippen molar-refractivity contribution in [3.05, 3.63) is 84.6 Å². The molecule has 7 rings (SSSR count). The summed E-state index contributed by atoms with van der Waals surface area (Å²) in [5.41, 5.74) is 7.73. The zero-order chi connectivity index (χ0) is 26.2. The van der Waals surface area contributed by atoms with E-state index in [1.807, 2.05) is 42.7 Å². The molecule has 3 N–H and O–H groups in total. The summed E-state index contributed by atoms with van der Waals surface area (Å²) < 4.78 is 13.9. The fraction of sp³-hybridized carbons (Fsp3) is 0.226. The summed E-state index contributed by atoms with van der Waals surface area (Å²) in [4.78, 5) is 17.5. The van der Waals surface area contributed by atoms with Crippen LogP contribution < -0.4 is 5.32 Å². The van der Waals surface area contributed by atoms with Crippen LogP contribution >= 0.6 is 0 Å². The van der Waals surface area contributed by atoms with Gasteiger partial charge in [-0.15, -0.1) is 0 Å². The van der Waals surface area contributed by atoms with Gasteiger partial charge >= 0.3 is 0 Å². The lowest BCUT2D eigenvalue weighted by molar-refractivity contribution is 0.489. The van der Waals surface area contributed by atoms with Crippen LogP contribution in [0.25, 0.3) is 55.8 Å². The average molecular weight is 518 g/mol. The molecule has 0 radical (unpaired) electrons. The standard InChI is InChI=1S/C31H28FN7/c32-23-8-3-7-21(12-23)24-9-4-10-26-29(24)37-31(36-26)30-25-13-27(35-18-28(25)38-39-30)22-11-20(16-34-17-22)15-33-14-19-5-1-2-6-19/h3-4,7-13,16-19,33H,1-2,5-6,14-15H2,(H,36,37)(H,38,39). The largest absolute Gasteiger partial charge is 0.337 e. The number of aromatic amines is 2. The van der Waals surface area contributed by atoms with Crippen LogP contribution in [0.15, 0.2) is 73.2 Å². The molecular weight excluding hydrogens is 489 g/mol. The zero-order valence-electron chi connectivity index (χ0n) is 21.4. The Balaban J connectivity index is 1.20. The second-order valence-corrected chi connectivity index (χ2v) is 10.3. The van der Waals surface area contributed by atoms with Crippen molar-refractivity contribution in [2.75, 3.05) is 6.54 Å². The number of aromatic nitrogens is 6. The van der Waals surface area contributed by atoms with Crippen molar-refractivity contribution in [3.63, 3.8) is 0 Å². The molecule has 1 saturated carbocycles. The topological polar surface area (TPSA) is 95.2 Å². The predicted molar refractivity (Wildman–Crippen MR) is 151 cm³/mol. The Bertz CT molecular complexity index is 1780. The molecule has 4 heterocycles. The molecule has 194 valence electrons. The number of pyridine rings is 2. The lowest BCUT2D eigenvalue weighted by Crippen LogP contribution is -2.20. The molecule has 2 aromatic carbocycles. The Morgan fingerprint density at radius 3 is 2.72 bits per heavy atom. The number of para-hydroxylation sites is 1. The highest BCUT2D eigenvalue weighted by molar-refractivity contribution is 5.97. The van der Waals surface area contributed by atoms with E-state index in [9.17, 15) is 4.39 Å². The number of fused-ring (bicyclic) bond motifs is 2. The van der Waals surface area contributed by atoms with Gasteiger partial charge in [-0.2, -0.15) is 5.10 Å². The fourth-order valence-corrected chi connectivity index (χ4v) is 5.65. The van der Waals surface area contributed by atoms with E-state index < -0.39 is 0 Å². The third-order valence-corrected chi connectivity index (χ3v) is 7.65. The summed E-state index contributed by atoms with van der Waals surface area (Å²) in [6, 6.07) is 16.6. The van der Waals surface area contributed by atoms with Gasteiger partial charge in [0, 0.05) is 35.5 Å². The third-order valence-electron chi connectivity index (χ3n) is 7.65. The molecule has 7 nitrogen and oxygen atoms in total. The predicted octanol–water partition coefficient (Wildman–Crippen LogP) is 6.65. The number of hydrogen-bond donors (Lipinski definition) is 3. The molecule has 1 fully saturated rings.